The van der Waals surface area contributed by atoms with E-state index in [1.54, 1.807) is 73.0 Å². The lowest BCUT2D eigenvalue weighted by Crippen LogP contribution is -2.47. The first kappa shape index (κ1) is 27.3. The second-order valence-electron chi connectivity index (χ2n) is 7.66. The molecule has 37 heavy (non-hydrogen) atoms. The van der Waals surface area contributed by atoms with Crippen LogP contribution in [-0.4, -0.2) is 38.2 Å². The van der Waals surface area contributed by atoms with Gasteiger partial charge < -0.3 is 19.2 Å². The van der Waals surface area contributed by atoms with Gasteiger partial charge in [0, 0.05) is 5.56 Å². The molecule has 0 unspecified atom stereocenters. The SMILES string of the molecule is COc1ccc(C(=O)N[C@H](Oc2ccc(/C=C3\SC(=S)N(Cc4ccco4)C3=O)cc2)C(Cl)(Cl)Cl)cc1. The number of halogens is 3. The Labute approximate surface area is 237 Å². The van der Waals surface area contributed by atoms with Gasteiger partial charge in [-0.25, -0.2) is 0 Å². The summed E-state index contributed by atoms with van der Waals surface area (Å²) in [5, 5.41) is 2.58. The van der Waals surface area contributed by atoms with Gasteiger partial charge in [0.2, 0.25) is 10.0 Å². The molecule has 0 bridgehead atoms. The molecule has 4 rings (SSSR count). The van der Waals surface area contributed by atoms with E-state index in [9.17, 15) is 9.59 Å². The summed E-state index contributed by atoms with van der Waals surface area (Å²) in [7, 11) is 1.53. The molecule has 192 valence electrons. The normalized spacial score (nSPS) is 15.7. The van der Waals surface area contributed by atoms with E-state index in [1.165, 1.54) is 23.8 Å². The molecule has 2 heterocycles. The van der Waals surface area contributed by atoms with Crippen LogP contribution in [0.5, 0.6) is 11.5 Å². The first-order valence-corrected chi connectivity index (χ1v) is 13.1. The van der Waals surface area contributed by atoms with Crippen LogP contribution in [0.1, 0.15) is 21.7 Å². The zero-order valence-electron chi connectivity index (χ0n) is 19.2. The number of hydrogen-bond acceptors (Lipinski definition) is 7. The molecule has 2 aromatic carbocycles. The number of carbonyl (C=O) groups is 2. The molecule has 0 radical (unpaired) electrons. The first-order chi connectivity index (χ1) is 17.6. The third-order valence-electron chi connectivity index (χ3n) is 5.11. The highest BCUT2D eigenvalue weighted by molar-refractivity contribution is 8.26. The summed E-state index contributed by atoms with van der Waals surface area (Å²) in [6.45, 7) is 0.266. The Hall–Kier alpha value is -2.69. The molecule has 3 aromatic rings. The van der Waals surface area contributed by atoms with Crippen LogP contribution in [0.2, 0.25) is 0 Å². The summed E-state index contributed by atoms with van der Waals surface area (Å²) in [5.74, 6) is 0.887. The van der Waals surface area contributed by atoms with E-state index in [4.69, 9.17) is 60.9 Å². The highest BCUT2D eigenvalue weighted by Gasteiger charge is 2.36. The molecular weight excluding hydrogens is 579 g/mol. The van der Waals surface area contributed by atoms with Crippen LogP contribution < -0.4 is 14.8 Å². The van der Waals surface area contributed by atoms with Crippen molar-refractivity contribution in [2.24, 2.45) is 0 Å². The lowest BCUT2D eigenvalue weighted by atomic mass is 10.2. The van der Waals surface area contributed by atoms with Gasteiger partial charge in [0.15, 0.2) is 0 Å². The standard InChI is InChI=1S/C25H19Cl3N2O5S2/c1-33-17-10-6-16(7-11-17)21(31)29-23(25(26,27)28)35-18-8-4-15(5-9-18)13-20-22(32)30(24(36)37-20)14-19-3-2-12-34-19/h2-13,23H,14H2,1H3,(H,29,31)/b20-13-/t23-/m1/s1. The topological polar surface area (TPSA) is 81.0 Å². The average molecular weight is 598 g/mol. The van der Waals surface area contributed by atoms with E-state index in [2.05, 4.69) is 5.32 Å². The monoisotopic (exact) mass is 596 g/mol. The van der Waals surface area contributed by atoms with Crippen molar-refractivity contribution >= 4 is 81.0 Å². The molecule has 1 fully saturated rings. The lowest BCUT2D eigenvalue weighted by molar-refractivity contribution is -0.122. The zero-order chi connectivity index (χ0) is 26.6. The van der Waals surface area contributed by atoms with E-state index in [-0.39, 0.29) is 12.5 Å². The van der Waals surface area contributed by atoms with Crippen molar-refractivity contribution in [3.8, 4) is 11.5 Å². The number of ether oxygens (including phenoxy) is 2. The molecule has 1 atom stereocenters. The van der Waals surface area contributed by atoms with Crippen LogP contribution in [0.15, 0.2) is 76.2 Å². The van der Waals surface area contributed by atoms with Gasteiger partial charge in [0.05, 0.1) is 24.8 Å². The van der Waals surface area contributed by atoms with Gasteiger partial charge in [-0.1, -0.05) is 70.9 Å². The predicted octanol–water partition coefficient (Wildman–Crippen LogP) is 6.19. The minimum absolute atomic E-state index is 0.204. The molecule has 0 spiro atoms. The number of thioether (sulfide) groups is 1. The number of nitrogens with one attached hydrogen (secondary N) is 1. The van der Waals surface area contributed by atoms with Gasteiger partial charge in [-0.15, -0.1) is 0 Å². The number of rotatable bonds is 8. The summed E-state index contributed by atoms with van der Waals surface area (Å²) in [6.07, 6.45) is 1.99. The van der Waals surface area contributed by atoms with E-state index in [1.807, 2.05) is 0 Å². The molecule has 12 heteroatoms. The molecule has 7 nitrogen and oxygen atoms in total. The van der Waals surface area contributed by atoms with Crippen LogP contribution in [-0.2, 0) is 11.3 Å². The quantitative estimate of drug-likeness (QED) is 0.143. The number of amides is 2. The number of carbonyl (C=O) groups excluding carboxylic acids is 2. The summed E-state index contributed by atoms with van der Waals surface area (Å²) in [5.41, 5.74) is 1.07. The highest BCUT2D eigenvalue weighted by Crippen LogP contribution is 2.35. The Morgan fingerprint density at radius 1 is 1.14 bits per heavy atom. The molecule has 0 aliphatic carbocycles. The number of nitrogens with zero attached hydrogens (tertiary/aromatic N) is 1. The van der Waals surface area contributed by atoms with Crippen LogP contribution >= 0.6 is 58.8 Å². The molecule has 1 N–H and O–H groups in total. The van der Waals surface area contributed by atoms with Gasteiger partial charge in [-0.3, -0.25) is 14.5 Å². The van der Waals surface area contributed by atoms with Crippen LogP contribution in [0.4, 0.5) is 0 Å². The third-order valence-corrected chi connectivity index (χ3v) is 7.08. The summed E-state index contributed by atoms with van der Waals surface area (Å²) in [4.78, 5) is 27.4. The van der Waals surface area contributed by atoms with Crippen molar-refractivity contribution in [2.45, 2.75) is 16.6 Å². The van der Waals surface area contributed by atoms with Crippen molar-refractivity contribution in [1.82, 2.24) is 10.2 Å². The number of furan rings is 1. The van der Waals surface area contributed by atoms with Gasteiger partial charge in [0.1, 0.15) is 21.6 Å². The number of hydrogen-bond donors (Lipinski definition) is 1. The highest BCUT2D eigenvalue weighted by atomic mass is 35.6. The fourth-order valence-corrected chi connectivity index (χ4v) is 4.80. The molecule has 2 amide bonds. The Bertz CT molecular complexity index is 1310. The van der Waals surface area contributed by atoms with Crippen molar-refractivity contribution in [3.63, 3.8) is 0 Å². The van der Waals surface area contributed by atoms with Gasteiger partial charge in [-0.2, -0.15) is 0 Å². The fourth-order valence-electron chi connectivity index (χ4n) is 3.25. The summed E-state index contributed by atoms with van der Waals surface area (Å²) >= 11 is 24.8. The van der Waals surface area contributed by atoms with Crippen LogP contribution in [0.25, 0.3) is 6.08 Å². The lowest BCUT2D eigenvalue weighted by Gasteiger charge is -2.26. The Kier molecular flexibility index (Phi) is 8.71. The van der Waals surface area contributed by atoms with Crippen LogP contribution in [0, 0.1) is 0 Å². The minimum atomic E-state index is -1.96. The molecule has 0 saturated carbocycles. The van der Waals surface area contributed by atoms with E-state index in [0.29, 0.717) is 32.0 Å². The average Bonchev–Trinajstić information content (AvgIpc) is 3.48. The second kappa shape index (κ2) is 11.8. The molecule has 1 aromatic heterocycles. The fraction of sp³-hybridized carbons (Fsp3) is 0.160. The summed E-state index contributed by atoms with van der Waals surface area (Å²) in [6, 6.07) is 16.7. The second-order valence-corrected chi connectivity index (χ2v) is 11.7. The van der Waals surface area contributed by atoms with E-state index in [0.717, 1.165) is 5.56 Å². The third kappa shape index (κ3) is 7.00. The van der Waals surface area contributed by atoms with Gasteiger partial charge >= 0.3 is 0 Å². The smallest absolute Gasteiger partial charge is 0.266 e. The number of alkyl halides is 3. The molecule has 1 aliphatic rings. The molecular formula is C25H19Cl3N2O5S2. The van der Waals surface area contributed by atoms with Crippen molar-refractivity contribution in [1.29, 1.82) is 0 Å². The molecule has 1 saturated heterocycles. The number of methoxy groups -OCH3 is 1. The van der Waals surface area contributed by atoms with E-state index < -0.39 is 15.9 Å². The van der Waals surface area contributed by atoms with Crippen LogP contribution in [0.3, 0.4) is 0 Å². The maximum Gasteiger partial charge on any atom is 0.266 e. The maximum atomic E-state index is 12.8. The largest absolute Gasteiger partial charge is 0.497 e. The predicted molar refractivity (Wildman–Crippen MR) is 149 cm³/mol. The Morgan fingerprint density at radius 3 is 2.41 bits per heavy atom. The Morgan fingerprint density at radius 2 is 1.81 bits per heavy atom. The van der Waals surface area contributed by atoms with Crippen molar-refractivity contribution in [3.05, 3.63) is 88.7 Å². The van der Waals surface area contributed by atoms with E-state index >= 15 is 0 Å². The number of benzene rings is 2. The maximum absolute atomic E-state index is 12.8. The summed E-state index contributed by atoms with van der Waals surface area (Å²) < 4.78 is 14.7. The van der Waals surface area contributed by atoms with Gasteiger partial charge in [-0.05, 0) is 60.2 Å². The first-order valence-electron chi connectivity index (χ1n) is 10.7. The molecule has 1 aliphatic heterocycles. The number of thiocarbonyl (C=S) groups is 1. The minimum Gasteiger partial charge on any atom is -0.497 e. The van der Waals surface area contributed by atoms with Crippen molar-refractivity contribution < 1.29 is 23.5 Å². The zero-order valence-corrected chi connectivity index (χ0v) is 23.1. The van der Waals surface area contributed by atoms with Crippen molar-refractivity contribution in [2.75, 3.05) is 7.11 Å². The Balaban J connectivity index is 1.43. The van der Waals surface area contributed by atoms with Gasteiger partial charge in [0.25, 0.3) is 11.8 Å².